The summed E-state index contributed by atoms with van der Waals surface area (Å²) in [6.07, 6.45) is 1.34. The van der Waals surface area contributed by atoms with Gasteiger partial charge in [-0.05, 0) is 18.2 Å². The molecule has 1 aromatic carbocycles. The Morgan fingerprint density at radius 3 is 2.94 bits per heavy atom. The molecule has 6 nitrogen and oxygen atoms in total. The van der Waals surface area contributed by atoms with E-state index in [2.05, 4.69) is 15.2 Å². The third-order valence-electron chi connectivity index (χ3n) is 2.42. The number of aromatic amines is 1. The maximum Gasteiger partial charge on any atom is 0.256 e. The van der Waals surface area contributed by atoms with E-state index in [1.165, 1.54) is 23.4 Å². The van der Waals surface area contributed by atoms with Gasteiger partial charge in [0, 0.05) is 12.7 Å². The number of carbonyl (C=O) groups excluding carboxylic acids is 1. The minimum atomic E-state index is -0.635. The molecule has 0 radical (unpaired) electrons. The van der Waals surface area contributed by atoms with Crippen LogP contribution in [-0.4, -0.2) is 33.0 Å². The number of rotatable bonds is 3. The van der Waals surface area contributed by atoms with Crippen molar-refractivity contribution < 1.29 is 9.18 Å². The summed E-state index contributed by atoms with van der Waals surface area (Å²) in [6.45, 7) is 0.225. The summed E-state index contributed by atoms with van der Waals surface area (Å²) in [6, 6.07) is 3.97. The van der Waals surface area contributed by atoms with Gasteiger partial charge in [0.05, 0.1) is 12.1 Å². The highest BCUT2D eigenvalue weighted by atomic mass is 19.1. The predicted octanol–water partition coefficient (Wildman–Crippen LogP) is 0.798. The molecular formula is C11H12FN5O. The zero-order chi connectivity index (χ0) is 13.1. The number of amides is 1. The van der Waals surface area contributed by atoms with E-state index in [9.17, 15) is 9.18 Å². The van der Waals surface area contributed by atoms with Crippen molar-refractivity contribution in [1.82, 2.24) is 20.1 Å². The third kappa shape index (κ3) is 2.45. The normalized spacial score (nSPS) is 10.3. The first-order valence-electron chi connectivity index (χ1n) is 5.22. The zero-order valence-electron chi connectivity index (χ0n) is 9.72. The van der Waals surface area contributed by atoms with Gasteiger partial charge in [0.25, 0.3) is 5.91 Å². The molecule has 94 valence electrons. The van der Waals surface area contributed by atoms with E-state index in [1.807, 2.05) is 0 Å². The largest absolute Gasteiger partial charge is 0.399 e. The van der Waals surface area contributed by atoms with Gasteiger partial charge >= 0.3 is 0 Å². The molecule has 0 saturated heterocycles. The van der Waals surface area contributed by atoms with Crippen LogP contribution in [0.2, 0.25) is 0 Å². The summed E-state index contributed by atoms with van der Waals surface area (Å²) in [7, 11) is 1.56. The molecule has 3 N–H and O–H groups in total. The lowest BCUT2D eigenvalue weighted by molar-refractivity contribution is 0.0777. The van der Waals surface area contributed by atoms with E-state index in [4.69, 9.17) is 5.73 Å². The Bertz CT molecular complexity index is 555. The Morgan fingerprint density at radius 1 is 1.56 bits per heavy atom. The maximum atomic E-state index is 13.6. The minimum absolute atomic E-state index is 0.0220. The van der Waals surface area contributed by atoms with Crippen LogP contribution in [0.3, 0.4) is 0 Å². The number of hydrogen-bond donors (Lipinski definition) is 2. The van der Waals surface area contributed by atoms with Crippen LogP contribution in [0.4, 0.5) is 10.1 Å². The number of aromatic nitrogens is 3. The summed E-state index contributed by atoms with van der Waals surface area (Å²) in [4.78, 5) is 17.2. The molecule has 7 heteroatoms. The highest BCUT2D eigenvalue weighted by Gasteiger charge is 2.17. The smallest absolute Gasteiger partial charge is 0.256 e. The van der Waals surface area contributed by atoms with E-state index in [-0.39, 0.29) is 17.8 Å². The summed E-state index contributed by atoms with van der Waals surface area (Å²) in [5, 5.41) is 6.30. The van der Waals surface area contributed by atoms with Crippen LogP contribution in [-0.2, 0) is 6.54 Å². The van der Waals surface area contributed by atoms with Crippen LogP contribution in [0.25, 0.3) is 0 Å². The van der Waals surface area contributed by atoms with E-state index < -0.39 is 11.7 Å². The van der Waals surface area contributed by atoms with Gasteiger partial charge in [0.2, 0.25) is 0 Å². The number of hydrogen-bond acceptors (Lipinski definition) is 4. The SMILES string of the molecule is CN(Cc1ncn[nH]1)C(=O)c1ccc(N)cc1F. The van der Waals surface area contributed by atoms with Crippen molar-refractivity contribution >= 4 is 11.6 Å². The molecule has 0 unspecified atom stereocenters. The van der Waals surface area contributed by atoms with Gasteiger partial charge in [0.1, 0.15) is 18.0 Å². The van der Waals surface area contributed by atoms with Gasteiger partial charge in [-0.1, -0.05) is 0 Å². The van der Waals surface area contributed by atoms with Crippen LogP contribution in [0.1, 0.15) is 16.2 Å². The summed E-state index contributed by atoms with van der Waals surface area (Å²) in [5.74, 6) is -0.546. The number of halogens is 1. The molecule has 1 amide bonds. The van der Waals surface area contributed by atoms with E-state index >= 15 is 0 Å². The Balaban J connectivity index is 2.15. The molecule has 0 fully saturated rings. The van der Waals surface area contributed by atoms with Crippen LogP contribution < -0.4 is 5.73 Å². The first kappa shape index (κ1) is 12.0. The van der Waals surface area contributed by atoms with Crippen molar-refractivity contribution in [3.05, 3.63) is 41.7 Å². The minimum Gasteiger partial charge on any atom is -0.399 e. The second-order valence-electron chi connectivity index (χ2n) is 3.83. The van der Waals surface area contributed by atoms with Crippen LogP contribution in [0, 0.1) is 5.82 Å². The Kier molecular flexibility index (Phi) is 3.22. The van der Waals surface area contributed by atoms with Gasteiger partial charge < -0.3 is 10.6 Å². The van der Waals surface area contributed by atoms with Crippen LogP contribution >= 0.6 is 0 Å². The number of carbonyl (C=O) groups is 1. The Labute approximate surface area is 103 Å². The fourth-order valence-electron chi connectivity index (χ4n) is 1.51. The summed E-state index contributed by atoms with van der Waals surface area (Å²) in [5.41, 5.74) is 5.68. The molecule has 1 aromatic heterocycles. The topological polar surface area (TPSA) is 87.9 Å². The van der Waals surface area contributed by atoms with Crippen molar-refractivity contribution in [3.8, 4) is 0 Å². The average molecular weight is 249 g/mol. The van der Waals surface area contributed by atoms with Gasteiger partial charge in [-0.3, -0.25) is 9.89 Å². The zero-order valence-corrected chi connectivity index (χ0v) is 9.72. The number of nitrogens with one attached hydrogen (secondary N) is 1. The van der Waals surface area contributed by atoms with Crippen LogP contribution in [0.5, 0.6) is 0 Å². The Hall–Kier alpha value is -2.44. The third-order valence-corrected chi connectivity index (χ3v) is 2.42. The molecule has 0 aliphatic rings. The summed E-state index contributed by atoms with van der Waals surface area (Å²) >= 11 is 0. The molecular weight excluding hydrogens is 237 g/mol. The lowest BCUT2D eigenvalue weighted by Gasteiger charge is -2.16. The maximum absolute atomic E-state index is 13.6. The highest BCUT2D eigenvalue weighted by molar-refractivity contribution is 5.94. The number of nitrogens with zero attached hydrogens (tertiary/aromatic N) is 3. The van der Waals surface area contributed by atoms with Gasteiger partial charge in [-0.15, -0.1) is 0 Å². The number of nitrogens with two attached hydrogens (primary N) is 1. The van der Waals surface area contributed by atoms with Crippen molar-refractivity contribution in [2.45, 2.75) is 6.54 Å². The first-order chi connectivity index (χ1) is 8.58. The molecule has 0 bridgehead atoms. The molecule has 0 aliphatic carbocycles. The lowest BCUT2D eigenvalue weighted by atomic mass is 10.1. The lowest BCUT2D eigenvalue weighted by Crippen LogP contribution is -2.27. The summed E-state index contributed by atoms with van der Waals surface area (Å²) < 4.78 is 13.6. The number of benzene rings is 1. The fourth-order valence-corrected chi connectivity index (χ4v) is 1.51. The molecule has 2 aromatic rings. The highest BCUT2D eigenvalue weighted by Crippen LogP contribution is 2.14. The average Bonchev–Trinajstić information content (AvgIpc) is 2.81. The molecule has 1 heterocycles. The molecule has 0 aliphatic heterocycles. The van der Waals surface area contributed by atoms with Gasteiger partial charge in [-0.2, -0.15) is 5.10 Å². The second kappa shape index (κ2) is 4.82. The number of nitrogen functional groups attached to an aromatic ring is 1. The van der Waals surface area contributed by atoms with E-state index in [0.29, 0.717) is 5.82 Å². The van der Waals surface area contributed by atoms with Crippen LogP contribution in [0.15, 0.2) is 24.5 Å². The predicted molar refractivity (Wildman–Crippen MR) is 63.0 cm³/mol. The van der Waals surface area contributed by atoms with E-state index in [1.54, 1.807) is 7.05 Å². The standard InChI is InChI=1S/C11H12FN5O/c1-17(5-10-14-6-15-16-10)11(18)8-3-2-7(13)4-9(8)12/h2-4,6H,5,13H2,1H3,(H,14,15,16). The van der Waals surface area contributed by atoms with E-state index in [0.717, 1.165) is 6.07 Å². The van der Waals surface area contributed by atoms with Crippen molar-refractivity contribution in [2.24, 2.45) is 0 Å². The van der Waals surface area contributed by atoms with Crippen molar-refractivity contribution in [2.75, 3.05) is 12.8 Å². The Morgan fingerprint density at radius 2 is 2.33 bits per heavy atom. The number of anilines is 1. The monoisotopic (exact) mass is 249 g/mol. The van der Waals surface area contributed by atoms with Crippen molar-refractivity contribution in [3.63, 3.8) is 0 Å². The first-order valence-corrected chi connectivity index (χ1v) is 5.22. The molecule has 2 rings (SSSR count). The van der Waals surface area contributed by atoms with Crippen molar-refractivity contribution in [1.29, 1.82) is 0 Å². The quantitative estimate of drug-likeness (QED) is 0.787. The van der Waals surface area contributed by atoms with Gasteiger partial charge in [0.15, 0.2) is 0 Å². The molecule has 0 saturated carbocycles. The molecule has 0 atom stereocenters. The van der Waals surface area contributed by atoms with Gasteiger partial charge in [-0.25, -0.2) is 9.37 Å². The number of H-pyrrole nitrogens is 1. The molecule has 18 heavy (non-hydrogen) atoms. The molecule has 0 spiro atoms. The second-order valence-corrected chi connectivity index (χ2v) is 3.83. The fraction of sp³-hybridized carbons (Fsp3) is 0.182.